The fraction of sp³-hybridized carbons (Fsp3) is 0.512. The second kappa shape index (κ2) is 17.8. The Balaban J connectivity index is 0.000000249. The van der Waals surface area contributed by atoms with Crippen molar-refractivity contribution in [3.8, 4) is 22.6 Å². The molecule has 3 aromatic carbocycles. The zero-order valence-electron chi connectivity index (χ0n) is 34.2. The summed E-state index contributed by atoms with van der Waals surface area (Å²) in [5.41, 5.74) is 12.1. The lowest BCUT2D eigenvalue weighted by molar-refractivity contribution is 0.00578. The van der Waals surface area contributed by atoms with Crippen LogP contribution < -0.4 is 26.4 Å². The highest BCUT2D eigenvalue weighted by Gasteiger charge is 2.52. The van der Waals surface area contributed by atoms with Gasteiger partial charge in [0.1, 0.15) is 30.5 Å². The van der Waals surface area contributed by atoms with E-state index >= 15 is 0 Å². The summed E-state index contributed by atoms with van der Waals surface area (Å²) in [4.78, 5) is 4.21. The molecule has 0 aliphatic carbocycles. The van der Waals surface area contributed by atoms with Crippen LogP contribution in [0.4, 0.5) is 22.0 Å². The summed E-state index contributed by atoms with van der Waals surface area (Å²) >= 11 is 0. The molecular formula is C43H57BF5N3O4. The molecule has 1 aromatic heterocycles. The van der Waals surface area contributed by atoms with Crippen LogP contribution in [-0.4, -0.2) is 47.6 Å². The van der Waals surface area contributed by atoms with Gasteiger partial charge in [-0.2, -0.15) is 0 Å². The monoisotopic (exact) mass is 785 g/mol. The van der Waals surface area contributed by atoms with Crippen molar-refractivity contribution < 1.29 is 40.7 Å². The van der Waals surface area contributed by atoms with E-state index in [0.717, 1.165) is 6.42 Å². The van der Waals surface area contributed by atoms with Crippen LogP contribution in [0.2, 0.25) is 0 Å². The maximum Gasteiger partial charge on any atom is 0.494 e. The predicted molar refractivity (Wildman–Crippen MR) is 214 cm³/mol. The van der Waals surface area contributed by atoms with Gasteiger partial charge in [0, 0.05) is 22.7 Å². The van der Waals surface area contributed by atoms with Gasteiger partial charge in [-0.05, 0) is 131 Å². The number of nitrogens with zero attached hydrogens (tertiary/aromatic N) is 1. The van der Waals surface area contributed by atoms with E-state index in [9.17, 15) is 22.0 Å². The summed E-state index contributed by atoms with van der Waals surface area (Å²) in [6.07, 6.45) is -2.36. The van der Waals surface area contributed by atoms with Crippen molar-refractivity contribution in [2.24, 2.45) is 23.3 Å². The molecule has 306 valence electrons. The first-order valence-corrected chi connectivity index (χ1v) is 19.0. The molecule has 1 aliphatic heterocycles. The highest BCUT2D eigenvalue weighted by Crippen LogP contribution is 2.38. The van der Waals surface area contributed by atoms with E-state index in [1.54, 1.807) is 36.5 Å². The molecule has 0 bridgehead atoms. The normalized spacial score (nSPS) is 17.3. The first kappa shape index (κ1) is 44.9. The molecule has 0 spiro atoms. The van der Waals surface area contributed by atoms with Crippen LogP contribution in [0.5, 0.6) is 11.5 Å². The topological polar surface area (TPSA) is 102 Å². The zero-order chi connectivity index (χ0) is 41.8. The summed E-state index contributed by atoms with van der Waals surface area (Å²) in [7, 11) is -0.692. The number of ether oxygens (including phenoxy) is 2. The number of benzene rings is 3. The van der Waals surface area contributed by atoms with Crippen molar-refractivity contribution in [2.45, 2.75) is 117 Å². The standard InChI is InChI=1S/C23H25F3N2O.C20H32BF2NO3/c1-14(2)12-23(3,27)13-29-21-7-4-15(10-19(21)22(25)26)17-8-9-28-20-6-5-16(24)11-18(17)20;1-13(2)11-20(7,24)12-25-16-9-8-14(10-15(16)17(22)23)21-26-18(3,4)19(5,6)27-21/h4-11,14,22H,12-13,27H2,1-3H3;8-10,13,17H,11-12,24H2,1-7H3/t23-;20-/m00/s1. The predicted octanol–water partition coefficient (Wildman–Crippen LogP) is 10.2. The smallest absolute Gasteiger partial charge is 0.491 e. The molecule has 0 saturated carbocycles. The molecule has 56 heavy (non-hydrogen) atoms. The van der Waals surface area contributed by atoms with Crippen molar-refractivity contribution in [3.63, 3.8) is 0 Å². The van der Waals surface area contributed by atoms with Crippen molar-refractivity contribution in [1.29, 1.82) is 0 Å². The van der Waals surface area contributed by atoms with Gasteiger partial charge in [0.2, 0.25) is 0 Å². The molecule has 13 heteroatoms. The Morgan fingerprint density at radius 1 is 0.714 bits per heavy atom. The Kier molecular flexibility index (Phi) is 14.3. The molecule has 7 nitrogen and oxygen atoms in total. The lowest BCUT2D eigenvalue weighted by atomic mass is 9.78. The number of hydrogen-bond acceptors (Lipinski definition) is 7. The van der Waals surface area contributed by atoms with Gasteiger partial charge >= 0.3 is 7.12 Å². The van der Waals surface area contributed by atoms with E-state index in [-0.39, 0.29) is 35.8 Å². The lowest BCUT2D eigenvalue weighted by Crippen LogP contribution is -2.43. The van der Waals surface area contributed by atoms with Gasteiger partial charge in [0.05, 0.1) is 27.8 Å². The summed E-state index contributed by atoms with van der Waals surface area (Å²) in [5.74, 6) is 0.599. The number of alkyl halides is 4. The van der Waals surface area contributed by atoms with Gasteiger partial charge in [0.25, 0.3) is 12.9 Å². The van der Waals surface area contributed by atoms with Crippen LogP contribution in [0.25, 0.3) is 22.0 Å². The van der Waals surface area contributed by atoms with Crippen molar-refractivity contribution in [1.82, 2.24) is 4.98 Å². The van der Waals surface area contributed by atoms with Crippen LogP contribution in [0.3, 0.4) is 0 Å². The van der Waals surface area contributed by atoms with Crippen molar-refractivity contribution in [2.75, 3.05) is 13.2 Å². The first-order valence-electron chi connectivity index (χ1n) is 19.0. The number of rotatable bonds is 14. The van der Waals surface area contributed by atoms with Gasteiger partial charge in [-0.1, -0.05) is 39.8 Å². The first-order chi connectivity index (χ1) is 25.9. The van der Waals surface area contributed by atoms with Crippen molar-refractivity contribution >= 4 is 23.5 Å². The van der Waals surface area contributed by atoms with Gasteiger partial charge in [-0.25, -0.2) is 22.0 Å². The van der Waals surface area contributed by atoms with E-state index in [1.165, 1.54) is 30.3 Å². The molecular weight excluding hydrogens is 728 g/mol. The van der Waals surface area contributed by atoms with E-state index in [4.69, 9.17) is 30.2 Å². The largest absolute Gasteiger partial charge is 0.494 e. The van der Waals surface area contributed by atoms with Crippen LogP contribution in [0.1, 0.15) is 106 Å². The van der Waals surface area contributed by atoms with E-state index in [2.05, 4.69) is 18.8 Å². The van der Waals surface area contributed by atoms with Crippen LogP contribution in [0.15, 0.2) is 66.9 Å². The molecule has 0 amide bonds. The van der Waals surface area contributed by atoms with Gasteiger partial charge in [0.15, 0.2) is 0 Å². The number of nitrogens with two attached hydrogens (primary N) is 2. The SMILES string of the molecule is CC(C)C[C@](C)(N)COc1ccc(-c2ccnc3ccc(F)cc23)cc1C(F)F.CC(C)C[C@](C)(N)COc1ccc(B2OC(C)(C)C(C)(C)O2)cc1C(F)F. The van der Waals surface area contributed by atoms with E-state index in [1.807, 2.05) is 55.4 Å². The third kappa shape index (κ3) is 11.6. The van der Waals surface area contributed by atoms with Gasteiger partial charge in [-0.15, -0.1) is 0 Å². The van der Waals surface area contributed by atoms with Gasteiger partial charge < -0.3 is 30.2 Å². The highest BCUT2D eigenvalue weighted by molar-refractivity contribution is 6.62. The Morgan fingerprint density at radius 2 is 1.21 bits per heavy atom. The molecule has 2 atom stereocenters. The number of hydrogen-bond donors (Lipinski definition) is 2. The Hall–Kier alpha value is -3.78. The highest BCUT2D eigenvalue weighted by atomic mass is 19.3. The third-order valence-electron chi connectivity index (χ3n) is 9.92. The molecule has 4 N–H and O–H groups in total. The average molecular weight is 786 g/mol. The summed E-state index contributed by atoms with van der Waals surface area (Å²) in [5, 5.41) is 0.563. The molecule has 1 saturated heterocycles. The maximum absolute atomic E-state index is 13.7. The van der Waals surface area contributed by atoms with E-state index < -0.39 is 48.1 Å². The van der Waals surface area contributed by atoms with Crippen LogP contribution >= 0.6 is 0 Å². The minimum absolute atomic E-state index is 0.105. The third-order valence-corrected chi connectivity index (χ3v) is 9.92. The molecule has 4 aromatic rings. The summed E-state index contributed by atoms with van der Waals surface area (Å²) < 4.78 is 91.8. The summed E-state index contributed by atoms with van der Waals surface area (Å²) in [6.45, 7) is 19.9. The quantitative estimate of drug-likeness (QED) is 0.0970. The fourth-order valence-electron chi connectivity index (χ4n) is 6.85. The molecule has 2 heterocycles. The Bertz CT molecular complexity index is 1920. The van der Waals surface area contributed by atoms with Crippen molar-refractivity contribution in [3.05, 3.63) is 83.8 Å². The minimum atomic E-state index is -2.72. The molecule has 1 aliphatic rings. The molecule has 1 fully saturated rings. The molecule has 5 rings (SSSR count). The molecule has 0 unspecified atom stereocenters. The minimum Gasteiger partial charge on any atom is -0.491 e. The number of fused-ring (bicyclic) bond motifs is 1. The second-order valence-corrected chi connectivity index (χ2v) is 17.3. The van der Waals surface area contributed by atoms with Gasteiger partial charge in [-0.3, -0.25) is 4.98 Å². The number of halogens is 5. The fourth-order valence-corrected chi connectivity index (χ4v) is 6.85. The number of pyridine rings is 1. The van der Waals surface area contributed by atoms with Crippen LogP contribution in [-0.2, 0) is 9.31 Å². The number of aromatic nitrogens is 1. The van der Waals surface area contributed by atoms with Crippen LogP contribution in [0, 0.1) is 17.7 Å². The second-order valence-electron chi connectivity index (χ2n) is 17.3. The Morgan fingerprint density at radius 3 is 1.71 bits per heavy atom. The maximum atomic E-state index is 13.7. The molecule has 0 radical (unpaired) electrons. The Labute approximate surface area is 328 Å². The lowest BCUT2D eigenvalue weighted by Gasteiger charge is -2.32. The zero-order valence-corrected chi connectivity index (χ0v) is 34.2. The summed E-state index contributed by atoms with van der Waals surface area (Å²) in [6, 6.07) is 15.2. The van der Waals surface area contributed by atoms with E-state index in [0.29, 0.717) is 45.7 Å². The average Bonchev–Trinajstić information content (AvgIpc) is 3.31.